The van der Waals surface area contributed by atoms with E-state index in [-0.39, 0.29) is 11.8 Å². The smallest absolute Gasteiger partial charge is 0.254 e. The summed E-state index contributed by atoms with van der Waals surface area (Å²) < 4.78 is 0. The highest BCUT2D eigenvalue weighted by atomic mass is 16.3. The lowest BCUT2D eigenvalue weighted by Crippen LogP contribution is -2.53. The molecule has 2 amide bonds. The molecule has 2 aromatic rings. The van der Waals surface area contributed by atoms with E-state index in [1.165, 1.54) is 19.3 Å². The van der Waals surface area contributed by atoms with E-state index in [4.69, 9.17) is 5.73 Å². The van der Waals surface area contributed by atoms with Crippen molar-refractivity contribution in [2.45, 2.75) is 50.3 Å². The first-order valence-corrected chi connectivity index (χ1v) is 12.0. The molecule has 174 valence electrons. The Balaban J connectivity index is 1.22. The molecule has 0 spiro atoms. The number of nitrogens with zero attached hydrogens (tertiary/aromatic N) is 2. The Kier molecular flexibility index (Phi) is 5.85. The van der Waals surface area contributed by atoms with E-state index in [1.54, 1.807) is 9.80 Å². The van der Waals surface area contributed by atoms with Crippen molar-refractivity contribution in [3.8, 4) is 11.1 Å². The Bertz CT molecular complexity index is 1040. The molecule has 0 bridgehead atoms. The van der Waals surface area contributed by atoms with Crippen molar-refractivity contribution in [2.24, 2.45) is 5.73 Å². The fourth-order valence-corrected chi connectivity index (χ4v) is 4.58. The number of nitrogens with two attached hydrogens (primary N) is 1. The molecule has 1 heterocycles. The van der Waals surface area contributed by atoms with Crippen LogP contribution < -0.4 is 11.1 Å². The lowest BCUT2D eigenvalue weighted by molar-refractivity contribution is -0.143. The lowest BCUT2D eigenvalue weighted by Gasteiger charge is -2.35. The van der Waals surface area contributed by atoms with E-state index in [0.717, 1.165) is 22.4 Å². The third kappa shape index (κ3) is 4.48. The molecule has 3 aliphatic rings. The predicted molar refractivity (Wildman–Crippen MR) is 128 cm³/mol. The summed E-state index contributed by atoms with van der Waals surface area (Å²) in [6, 6.07) is 14.6. The first kappa shape index (κ1) is 21.9. The molecule has 33 heavy (non-hydrogen) atoms. The number of carbonyl (C=O) groups is 2. The number of amides is 2. The van der Waals surface area contributed by atoms with Gasteiger partial charge in [0.05, 0.1) is 0 Å². The van der Waals surface area contributed by atoms with Gasteiger partial charge in [-0.3, -0.25) is 9.59 Å². The molecule has 5 rings (SSSR count). The van der Waals surface area contributed by atoms with Gasteiger partial charge in [0, 0.05) is 50.0 Å². The second kappa shape index (κ2) is 8.80. The van der Waals surface area contributed by atoms with Crippen molar-refractivity contribution in [1.82, 2.24) is 9.80 Å². The fourth-order valence-electron chi connectivity index (χ4n) is 4.58. The molecule has 3 fully saturated rings. The van der Waals surface area contributed by atoms with Gasteiger partial charge in [-0.2, -0.15) is 0 Å². The van der Waals surface area contributed by atoms with Crippen molar-refractivity contribution in [3.63, 3.8) is 0 Å². The maximum absolute atomic E-state index is 13.0. The van der Waals surface area contributed by atoms with Gasteiger partial charge in [-0.05, 0) is 73.1 Å². The van der Waals surface area contributed by atoms with Crippen LogP contribution in [-0.2, 0) is 11.3 Å². The molecular formula is C26H32N4O3. The summed E-state index contributed by atoms with van der Waals surface area (Å²) in [5.74, 6) is -0.216. The maximum atomic E-state index is 13.0. The van der Waals surface area contributed by atoms with Gasteiger partial charge in [-0.1, -0.05) is 18.2 Å². The number of anilines is 1. The van der Waals surface area contributed by atoms with Crippen molar-refractivity contribution < 1.29 is 14.7 Å². The number of carbonyl (C=O) groups excluding carboxylic acids is 2. The van der Waals surface area contributed by atoms with Crippen molar-refractivity contribution in [1.29, 1.82) is 0 Å². The summed E-state index contributed by atoms with van der Waals surface area (Å²) in [6.07, 6.45) is 4.81. The highest BCUT2D eigenvalue weighted by Crippen LogP contribution is 2.37. The van der Waals surface area contributed by atoms with Gasteiger partial charge in [0.25, 0.3) is 11.8 Å². The van der Waals surface area contributed by atoms with Gasteiger partial charge in [0.1, 0.15) is 5.60 Å². The van der Waals surface area contributed by atoms with Crippen LogP contribution in [0.2, 0.25) is 0 Å². The molecule has 4 N–H and O–H groups in total. The zero-order chi connectivity index (χ0) is 23.0. The molecule has 1 aliphatic heterocycles. The fraction of sp³-hybridized carbons (Fsp3) is 0.462. The topological polar surface area (TPSA) is 98.9 Å². The van der Waals surface area contributed by atoms with Crippen LogP contribution in [0.3, 0.4) is 0 Å². The van der Waals surface area contributed by atoms with Crippen molar-refractivity contribution in [3.05, 3.63) is 53.6 Å². The average Bonchev–Trinajstić information content (AvgIpc) is 3.59. The number of hydrogen-bond donors (Lipinski definition) is 3. The van der Waals surface area contributed by atoms with Gasteiger partial charge >= 0.3 is 0 Å². The third-order valence-electron chi connectivity index (χ3n) is 7.23. The Morgan fingerprint density at radius 1 is 0.970 bits per heavy atom. The zero-order valence-electron chi connectivity index (χ0n) is 18.9. The number of rotatable bonds is 6. The second-order valence-corrected chi connectivity index (χ2v) is 9.54. The molecule has 2 aromatic carbocycles. The van der Waals surface area contributed by atoms with Gasteiger partial charge < -0.3 is 26.0 Å². The Labute approximate surface area is 194 Å². The van der Waals surface area contributed by atoms with Gasteiger partial charge in [-0.15, -0.1) is 0 Å². The molecule has 7 heteroatoms. The molecule has 2 aliphatic carbocycles. The molecular weight excluding hydrogens is 416 g/mol. The van der Waals surface area contributed by atoms with Crippen LogP contribution in [0.4, 0.5) is 5.69 Å². The molecule has 1 saturated heterocycles. The minimum atomic E-state index is -1.14. The normalized spacial score (nSPS) is 19.7. The zero-order valence-corrected chi connectivity index (χ0v) is 18.9. The largest absolute Gasteiger partial charge is 0.382 e. The number of aliphatic hydroxyl groups is 1. The number of nitrogens with one attached hydrogen (secondary N) is 1. The quantitative estimate of drug-likeness (QED) is 0.631. The first-order chi connectivity index (χ1) is 16.0. The average molecular weight is 449 g/mol. The van der Waals surface area contributed by atoms with Gasteiger partial charge in [0.15, 0.2) is 0 Å². The molecule has 7 nitrogen and oxygen atoms in total. The minimum absolute atomic E-state index is 0.0264. The molecule has 0 atom stereocenters. The minimum Gasteiger partial charge on any atom is -0.382 e. The van der Waals surface area contributed by atoms with Crippen LogP contribution in [0.5, 0.6) is 0 Å². The van der Waals surface area contributed by atoms with Crippen LogP contribution in [0.25, 0.3) is 11.1 Å². The van der Waals surface area contributed by atoms with E-state index in [2.05, 4.69) is 23.5 Å². The SMILES string of the molecule is NCc1cc(-c2ccc(C(=O)N3CCN(C(=O)C4(O)CC4)CC3)cc2)ccc1NC1CCC1. The number of piperazine rings is 1. The maximum Gasteiger partial charge on any atom is 0.254 e. The summed E-state index contributed by atoms with van der Waals surface area (Å²) >= 11 is 0. The molecule has 0 radical (unpaired) electrons. The van der Waals surface area contributed by atoms with Crippen LogP contribution in [-0.4, -0.2) is 64.5 Å². The Morgan fingerprint density at radius 3 is 2.18 bits per heavy atom. The molecule has 0 unspecified atom stereocenters. The number of benzene rings is 2. The van der Waals surface area contributed by atoms with Crippen LogP contribution >= 0.6 is 0 Å². The summed E-state index contributed by atoms with van der Waals surface area (Å²) in [5, 5.41) is 13.6. The number of hydrogen-bond acceptors (Lipinski definition) is 5. The van der Waals surface area contributed by atoms with E-state index in [0.29, 0.717) is 57.2 Å². The van der Waals surface area contributed by atoms with Crippen LogP contribution in [0, 0.1) is 0 Å². The monoisotopic (exact) mass is 448 g/mol. The van der Waals surface area contributed by atoms with Crippen molar-refractivity contribution >= 4 is 17.5 Å². The standard InChI is InChI=1S/C26H32N4O3/c27-17-21-16-20(8-9-23(21)28-22-2-1-3-22)18-4-6-19(7-5-18)24(31)29-12-14-30(15-13-29)25(32)26(33)10-11-26/h4-9,16,22,28,33H,1-3,10-15,17,27H2. The Hall–Kier alpha value is -2.90. The van der Waals surface area contributed by atoms with Crippen LogP contribution in [0.1, 0.15) is 48.0 Å². The van der Waals surface area contributed by atoms with E-state index < -0.39 is 5.60 Å². The highest BCUT2D eigenvalue weighted by molar-refractivity contribution is 5.95. The van der Waals surface area contributed by atoms with Gasteiger partial charge in [-0.25, -0.2) is 0 Å². The highest BCUT2D eigenvalue weighted by Gasteiger charge is 2.50. The van der Waals surface area contributed by atoms with Crippen LogP contribution in [0.15, 0.2) is 42.5 Å². The van der Waals surface area contributed by atoms with E-state index in [1.807, 2.05) is 24.3 Å². The van der Waals surface area contributed by atoms with Gasteiger partial charge in [0.2, 0.25) is 0 Å². The summed E-state index contributed by atoms with van der Waals surface area (Å²) in [7, 11) is 0. The molecule has 2 saturated carbocycles. The van der Waals surface area contributed by atoms with E-state index >= 15 is 0 Å². The summed E-state index contributed by atoms with van der Waals surface area (Å²) in [4.78, 5) is 28.7. The summed E-state index contributed by atoms with van der Waals surface area (Å²) in [6.45, 7) is 2.38. The van der Waals surface area contributed by atoms with Crippen molar-refractivity contribution in [2.75, 3.05) is 31.5 Å². The first-order valence-electron chi connectivity index (χ1n) is 12.0. The third-order valence-corrected chi connectivity index (χ3v) is 7.23. The Morgan fingerprint density at radius 2 is 1.61 bits per heavy atom. The predicted octanol–water partition coefficient (Wildman–Crippen LogP) is 2.59. The lowest BCUT2D eigenvalue weighted by atomic mass is 9.92. The molecule has 0 aromatic heterocycles. The summed E-state index contributed by atoms with van der Waals surface area (Å²) in [5.41, 5.74) is 9.85. The van der Waals surface area contributed by atoms with E-state index in [9.17, 15) is 14.7 Å². The second-order valence-electron chi connectivity index (χ2n) is 9.54.